The third-order valence-corrected chi connectivity index (χ3v) is 9.61. The first kappa shape index (κ1) is 39.3. The number of hydrogen-bond acceptors (Lipinski definition) is 10. The molecule has 3 fully saturated rings. The van der Waals surface area contributed by atoms with Crippen LogP contribution in [0.2, 0.25) is 0 Å². The van der Waals surface area contributed by atoms with Crippen LogP contribution >= 0.6 is 0 Å². The summed E-state index contributed by atoms with van der Waals surface area (Å²) in [5.41, 5.74) is 0.380. The minimum atomic E-state index is -1.30. The van der Waals surface area contributed by atoms with E-state index in [1.54, 1.807) is 51.7 Å². The van der Waals surface area contributed by atoms with E-state index < -0.39 is 54.1 Å². The predicted molar refractivity (Wildman–Crippen MR) is 194 cm³/mol. The molecule has 0 bridgehead atoms. The Labute approximate surface area is 310 Å². The molecule has 5 rings (SSSR count). The first-order valence-corrected chi connectivity index (χ1v) is 18.6. The van der Waals surface area contributed by atoms with Gasteiger partial charge in [0.25, 0.3) is 11.8 Å². The standard InChI is InChI=1S/C38H52N6O9/c1-7-51-37(50)43-18-16-42(17-19-43)36(49)29(22-32(45)53-38(4,5)6)41-33(46)28-21-31(26-14-13-23(2)20-27(26)40-28)52-24(3)35(48)44-15-9-12-30(44)34(47)39-25-10-8-11-25/h13-14,20-21,24-25,29-30H,7-12,15-19,22H2,1-6H3,(H,39,47)(H,41,46)/t24-,29+,30+/m1/s1. The number of esters is 1. The maximum absolute atomic E-state index is 13.9. The Bertz CT molecular complexity index is 1710. The maximum Gasteiger partial charge on any atom is 0.409 e. The number of carbonyl (C=O) groups excluding carboxylic acids is 6. The van der Waals surface area contributed by atoms with Crippen LogP contribution in [0.4, 0.5) is 4.79 Å². The first-order chi connectivity index (χ1) is 25.1. The number of rotatable bonds is 11. The summed E-state index contributed by atoms with van der Waals surface area (Å²) in [5, 5.41) is 6.32. The molecule has 2 aliphatic heterocycles. The molecule has 2 saturated heterocycles. The zero-order valence-electron chi connectivity index (χ0n) is 31.6. The molecule has 3 atom stereocenters. The van der Waals surface area contributed by atoms with Gasteiger partial charge in [-0.25, -0.2) is 9.78 Å². The highest BCUT2D eigenvalue weighted by atomic mass is 16.6. The molecular formula is C38H52N6O9. The number of pyridine rings is 1. The minimum Gasteiger partial charge on any atom is -0.480 e. The van der Waals surface area contributed by atoms with Crippen LogP contribution in [0.5, 0.6) is 5.75 Å². The Morgan fingerprint density at radius 1 is 0.925 bits per heavy atom. The number of fused-ring (bicyclic) bond motifs is 1. The van der Waals surface area contributed by atoms with E-state index in [0.717, 1.165) is 24.8 Å². The van der Waals surface area contributed by atoms with Gasteiger partial charge in [0.15, 0.2) is 6.10 Å². The van der Waals surface area contributed by atoms with Crippen molar-refractivity contribution in [2.24, 2.45) is 0 Å². The van der Waals surface area contributed by atoms with Crippen molar-refractivity contribution in [2.45, 2.75) is 110 Å². The smallest absolute Gasteiger partial charge is 0.409 e. The number of piperazine rings is 1. The zero-order valence-corrected chi connectivity index (χ0v) is 31.6. The summed E-state index contributed by atoms with van der Waals surface area (Å²) < 4.78 is 16.8. The van der Waals surface area contributed by atoms with Crippen molar-refractivity contribution in [1.29, 1.82) is 0 Å². The fraction of sp³-hybridized carbons (Fsp3) is 0.605. The van der Waals surface area contributed by atoms with Crippen molar-refractivity contribution in [2.75, 3.05) is 39.3 Å². The van der Waals surface area contributed by atoms with Crippen LogP contribution in [0.15, 0.2) is 24.3 Å². The lowest BCUT2D eigenvalue weighted by molar-refractivity contribution is -0.157. The van der Waals surface area contributed by atoms with E-state index in [1.807, 2.05) is 13.0 Å². The van der Waals surface area contributed by atoms with Crippen LogP contribution in [-0.4, -0.2) is 125 Å². The number of hydrogen-bond donors (Lipinski definition) is 2. The fourth-order valence-electron chi connectivity index (χ4n) is 6.67. The van der Waals surface area contributed by atoms with Crippen LogP contribution < -0.4 is 15.4 Å². The highest BCUT2D eigenvalue weighted by Gasteiger charge is 2.38. The molecule has 1 aromatic carbocycles. The topological polar surface area (TPSA) is 177 Å². The Morgan fingerprint density at radius 3 is 2.26 bits per heavy atom. The van der Waals surface area contributed by atoms with Crippen LogP contribution in [0.25, 0.3) is 10.9 Å². The third kappa shape index (κ3) is 9.93. The molecule has 0 unspecified atom stereocenters. The van der Waals surface area contributed by atoms with Gasteiger partial charge >= 0.3 is 12.1 Å². The van der Waals surface area contributed by atoms with E-state index in [0.29, 0.717) is 30.3 Å². The molecule has 288 valence electrons. The number of amides is 5. The van der Waals surface area contributed by atoms with Gasteiger partial charge in [-0.05, 0) is 91.3 Å². The largest absolute Gasteiger partial charge is 0.480 e. The molecule has 15 nitrogen and oxygen atoms in total. The lowest BCUT2D eigenvalue weighted by atomic mass is 9.93. The van der Waals surface area contributed by atoms with Gasteiger partial charge in [-0.15, -0.1) is 0 Å². The van der Waals surface area contributed by atoms with Crippen LogP contribution in [0, 0.1) is 6.92 Å². The summed E-state index contributed by atoms with van der Waals surface area (Å²) in [5.74, 6) is -2.20. The van der Waals surface area contributed by atoms with Gasteiger partial charge in [0, 0.05) is 50.2 Å². The van der Waals surface area contributed by atoms with Crippen molar-refractivity contribution >= 4 is 46.6 Å². The van der Waals surface area contributed by atoms with Crippen LogP contribution in [0.3, 0.4) is 0 Å². The van der Waals surface area contributed by atoms with Crippen LogP contribution in [-0.2, 0) is 28.7 Å². The van der Waals surface area contributed by atoms with Crippen molar-refractivity contribution in [1.82, 2.24) is 30.3 Å². The molecule has 1 aliphatic carbocycles. The molecule has 2 N–H and O–H groups in total. The van der Waals surface area contributed by atoms with Gasteiger partial charge in [0.05, 0.1) is 18.5 Å². The summed E-state index contributed by atoms with van der Waals surface area (Å²) in [6, 6.07) is 5.13. The molecule has 1 saturated carbocycles. The van der Waals surface area contributed by atoms with Crippen molar-refractivity contribution in [3.63, 3.8) is 0 Å². The van der Waals surface area contributed by atoms with E-state index in [-0.39, 0.29) is 62.1 Å². The number of nitrogens with zero attached hydrogens (tertiary/aromatic N) is 4. The summed E-state index contributed by atoms with van der Waals surface area (Å²) >= 11 is 0. The number of ether oxygens (including phenoxy) is 3. The number of likely N-dealkylation sites (tertiary alicyclic amines) is 1. The van der Waals surface area contributed by atoms with E-state index in [1.165, 1.54) is 15.9 Å². The summed E-state index contributed by atoms with van der Waals surface area (Å²) in [6.07, 6.45) is 2.34. The Morgan fingerprint density at radius 2 is 1.62 bits per heavy atom. The maximum atomic E-state index is 13.9. The highest BCUT2D eigenvalue weighted by molar-refractivity contribution is 6.00. The van der Waals surface area contributed by atoms with Crippen molar-refractivity contribution < 1.29 is 43.0 Å². The number of aromatic nitrogens is 1. The molecule has 3 heterocycles. The molecule has 1 aromatic heterocycles. The average Bonchev–Trinajstić information content (AvgIpc) is 3.58. The van der Waals surface area contributed by atoms with Gasteiger partial charge in [-0.1, -0.05) is 6.07 Å². The second-order valence-corrected chi connectivity index (χ2v) is 14.9. The number of carbonyl (C=O) groups is 6. The zero-order chi connectivity index (χ0) is 38.4. The quantitative estimate of drug-likeness (QED) is 0.326. The number of aryl methyl sites for hydroxylation is 1. The summed E-state index contributed by atoms with van der Waals surface area (Å²) in [6.45, 7) is 11.8. The van der Waals surface area contributed by atoms with Gasteiger partial charge in [0.1, 0.15) is 29.1 Å². The summed E-state index contributed by atoms with van der Waals surface area (Å²) in [7, 11) is 0. The van der Waals surface area contributed by atoms with E-state index in [4.69, 9.17) is 14.2 Å². The van der Waals surface area contributed by atoms with Gasteiger partial charge < -0.3 is 39.5 Å². The van der Waals surface area contributed by atoms with Crippen molar-refractivity contribution in [3.8, 4) is 5.75 Å². The molecule has 53 heavy (non-hydrogen) atoms. The van der Waals surface area contributed by atoms with Gasteiger partial charge in [0.2, 0.25) is 11.8 Å². The Balaban J connectivity index is 1.35. The fourth-order valence-corrected chi connectivity index (χ4v) is 6.67. The van der Waals surface area contributed by atoms with E-state index in [2.05, 4.69) is 15.6 Å². The molecular weight excluding hydrogens is 684 g/mol. The molecule has 0 spiro atoms. The third-order valence-electron chi connectivity index (χ3n) is 9.61. The van der Waals surface area contributed by atoms with E-state index >= 15 is 0 Å². The second kappa shape index (κ2) is 16.8. The minimum absolute atomic E-state index is 0.0919. The second-order valence-electron chi connectivity index (χ2n) is 14.9. The van der Waals surface area contributed by atoms with Crippen molar-refractivity contribution in [3.05, 3.63) is 35.5 Å². The first-order valence-electron chi connectivity index (χ1n) is 18.6. The normalized spacial score (nSPS) is 18.8. The number of nitrogens with one attached hydrogen (secondary N) is 2. The lowest BCUT2D eigenvalue weighted by Crippen LogP contribution is -2.56. The van der Waals surface area contributed by atoms with Gasteiger partial charge in [-0.2, -0.15) is 0 Å². The van der Waals surface area contributed by atoms with E-state index in [9.17, 15) is 28.8 Å². The molecule has 5 amide bonds. The molecule has 2 aromatic rings. The molecule has 15 heteroatoms. The Kier molecular flexibility index (Phi) is 12.4. The lowest BCUT2D eigenvalue weighted by Gasteiger charge is -2.36. The SMILES string of the molecule is CCOC(=O)N1CCN(C(=O)[C@H](CC(=O)OC(C)(C)C)NC(=O)c2cc(O[C@H](C)C(=O)N3CCC[C@H]3C(=O)NC3CCC3)c3ccc(C)cc3n2)CC1. The molecule has 0 radical (unpaired) electrons. The highest BCUT2D eigenvalue weighted by Crippen LogP contribution is 2.29. The van der Waals surface area contributed by atoms with Gasteiger partial charge in [-0.3, -0.25) is 24.0 Å². The summed E-state index contributed by atoms with van der Waals surface area (Å²) in [4.78, 5) is 88.8. The predicted octanol–water partition coefficient (Wildman–Crippen LogP) is 3.10. The monoisotopic (exact) mass is 736 g/mol. The number of benzene rings is 1. The van der Waals surface area contributed by atoms with Crippen LogP contribution in [0.1, 0.15) is 89.2 Å². The Hall–Kier alpha value is -4.95. The average molecular weight is 737 g/mol. The molecule has 3 aliphatic rings.